The van der Waals surface area contributed by atoms with Gasteiger partial charge in [-0.25, -0.2) is 4.79 Å². The Kier molecular flexibility index (Phi) is 7.58. The first kappa shape index (κ1) is 26.5. The van der Waals surface area contributed by atoms with E-state index in [9.17, 15) is 14.7 Å². The molecule has 1 N–H and O–H groups in total. The van der Waals surface area contributed by atoms with Crippen LogP contribution in [0.15, 0.2) is 36.4 Å². The van der Waals surface area contributed by atoms with Crippen LogP contribution < -0.4 is 0 Å². The minimum Gasteiger partial charge on any atom is -0.481 e. The number of hydrogen-bond acceptors (Lipinski definition) is 3. The van der Waals surface area contributed by atoms with Crippen LogP contribution in [0.2, 0.25) is 0 Å². The summed E-state index contributed by atoms with van der Waals surface area (Å²) in [5, 5.41) is 9.20. The summed E-state index contributed by atoms with van der Waals surface area (Å²) < 4.78 is 5.94. The van der Waals surface area contributed by atoms with E-state index in [0.717, 1.165) is 42.6 Å². The smallest absolute Gasteiger partial charge is 0.331 e. The molecule has 0 spiro atoms. The molecular weight excluding hydrogens is 460 g/mol. The van der Waals surface area contributed by atoms with Crippen molar-refractivity contribution in [3.05, 3.63) is 42.0 Å². The summed E-state index contributed by atoms with van der Waals surface area (Å²) in [6.45, 7) is 7.42. The molecule has 4 heteroatoms. The number of carbonyl (C=O) groups excluding carboxylic acids is 1. The lowest BCUT2D eigenvalue weighted by atomic mass is 9.44. The van der Waals surface area contributed by atoms with Crippen LogP contribution in [-0.2, 0) is 14.3 Å². The Hall–Kier alpha value is -2.10. The topological polar surface area (TPSA) is 63.6 Å². The van der Waals surface area contributed by atoms with Gasteiger partial charge in [0.2, 0.25) is 0 Å². The van der Waals surface area contributed by atoms with Crippen LogP contribution >= 0.6 is 0 Å². The molecule has 0 aliphatic heterocycles. The molecule has 4 saturated carbocycles. The maximum absolute atomic E-state index is 12.5. The van der Waals surface area contributed by atoms with Gasteiger partial charge in [-0.2, -0.15) is 0 Å². The number of rotatable bonds is 7. The second-order valence-corrected chi connectivity index (χ2v) is 13.4. The molecule has 5 rings (SSSR count). The molecule has 1 aromatic rings. The van der Waals surface area contributed by atoms with Gasteiger partial charge in [-0.1, -0.05) is 51.1 Å². The van der Waals surface area contributed by atoms with E-state index in [1.54, 1.807) is 6.08 Å². The van der Waals surface area contributed by atoms with Crippen LogP contribution in [0.3, 0.4) is 0 Å². The third-order valence-electron chi connectivity index (χ3n) is 11.7. The van der Waals surface area contributed by atoms with E-state index in [2.05, 4.69) is 20.8 Å². The van der Waals surface area contributed by atoms with Crippen molar-refractivity contribution in [3.8, 4) is 0 Å². The molecule has 4 fully saturated rings. The van der Waals surface area contributed by atoms with E-state index in [1.807, 2.05) is 36.4 Å². The first-order valence-corrected chi connectivity index (χ1v) is 14.9. The van der Waals surface area contributed by atoms with Gasteiger partial charge < -0.3 is 9.84 Å². The van der Waals surface area contributed by atoms with Crippen molar-refractivity contribution in [1.29, 1.82) is 0 Å². The Morgan fingerprint density at radius 1 is 1.00 bits per heavy atom. The number of carboxylic acids is 1. The van der Waals surface area contributed by atoms with Gasteiger partial charge in [0.1, 0.15) is 6.10 Å². The molecule has 4 nitrogen and oxygen atoms in total. The Balaban J connectivity index is 1.20. The van der Waals surface area contributed by atoms with Crippen LogP contribution in [0.25, 0.3) is 6.08 Å². The molecule has 0 bridgehead atoms. The fraction of sp³-hybridized carbons (Fsp3) is 0.697. The molecule has 0 radical (unpaired) electrons. The lowest BCUT2D eigenvalue weighted by Crippen LogP contribution is -2.54. The molecule has 0 heterocycles. The predicted molar refractivity (Wildman–Crippen MR) is 147 cm³/mol. The van der Waals surface area contributed by atoms with E-state index >= 15 is 0 Å². The monoisotopic (exact) mass is 506 g/mol. The molecule has 0 unspecified atom stereocenters. The Bertz CT molecular complexity index is 1000. The first-order chi connectivity index (χ1) is 17.7. The highest BCUT2D eigenvalue weighted by Crippen LogP contribution is 2.68. The van der Waals surface area contributed by atoms with Crippen molar-refractivity contribution >= 4 is 18.0 Å². The van der Waals surface area contributed by atoms with E-state index < -0.39 is 5.97 Å². The Morgan fingerprint density at radius 2 is 1.73 bits per heavy atom. The van der Waals surface area contributed by atoms with Gasteiger partial charge in [0.05, 0.1) is 0 Å². The minimum absolute atomic E-state index is 0.0438. The van der Waals surface area contributed by atoms with E-state index in [-0.39, 0.29) is 12.1 Å². The number of benzene rings is 1. The van der Waals surface area contributed by atoms with Crippen LogP contribution in [0.5, 0.6) is 0 Å². The summed E-state index contributed by atoms with van der Waals surface area (Å²) in [4.78, 5) is 23.7. The fourth-order valence-electron chi connectivity index (χ4n) is 9.79. The number of esters is 1. The third kappa shape index (κ3) is 5.14. The minimum atomic E-state index is -0.657. The van der Waals surface area contributed by atoms with Crippen LogP contribution in [0, 0.1) is 46.3 Å². The number of aliphatic carboxylic acids is 1. The lowest BCUT2D eigenvalue weighted by molar-refractivity contribution is -0.157. The van der Waals surface area contributed by atoms with Crippen LogP contribution in [0.1, 0.15) is 97.0 Å². The predicted octanol–water partition coefficient (Wildman–Crippen LogP) is 7.77. The van der Waals surface area contributed by atoms with Gasteiger partial charge in [0.25, 0.3) is 0 Å². The van der Waals surface area contributed by atoms with E-state index in [1.165, 1.54) is 44.9 Å². The quantitative estimate of drug-likeness (QED) is 0.303. The number of carboxylic acid groups (broad SMARTS) is 1. The maximum atomic E-state index is 12.5. The van der Waals surface area contributed by atoms with Crippen LogP contribution in [0.4, 0.5) is 0 Å². The summed E-state index contributed by atoms with van der Waals surface area (Å²) in [5.74, 6) is 3.33. The van der Waals surface area contributed by atoms with Gasteiger partial charge in [0.15, 0.2) is 0 Å². The normalized spacial score (nSPS) is 39.9. The van der Waals surface area contributed by atoms with E-state index in [0.29, 0.717) is 35.0 Å². The highest BCUT2D eigenvalue weighted by Gasteiger charge is 2.60. The zero-order valence-electron chi connectivity index (χ0n) is 23.0. The second kappa shape index (κ2) is 10.6. The average Bonchev–Trinajstić information content (AvgIpc) is 3.24. The van der Waals surface area contributed by atoms with Crippen molar-refractivity contribution in [3.63, 3.8) is 0 Å². The lowest BCUT2D eigenvalue weighted by Gasteiger charge is -2.61. The molecule has 202 valence electrons. The molecule has 1 aromatic carbocycles. The molecular formula is C33H46O4. The van der Waals surface area contributed by atoms with Gasteiger partial charge in [-0.3, -0.25) is 4.79 Å². The molecule has 9 atom stereocenters. The average molecular weight is 507 g/mol. The third-order valence-corrected chi connectivity index (χ3v) is 11.7. The largest absolute Gasteiger partial charge is 0.481 e. The molecule has 0 amide bonds. The summed E-state index contributed by atoms with van der Waals surface area (Å²) in [5.41, 5.74) is 1.75. The van der Waals surface area contributed by atoms with Gasteiger partial charge in [0, 0.05) is 12.5 Å². The molecule has 0 aromatic heterocycles. The maximum Gasteiger partial charge on any atom is 0.331 e. The molecule has 37 heavy (non-hydrogen) atoms. The first-order valence-electron chi connectivity index (χ1n) is 14.9. The number of ether oxygens (including phenoxy) is 1. The van der Waals surface area contributed by atoms with E-state index in [4.69, 9.17) is 4.74 Å². The van der Waals surface area contributed by atoms with Crippen molar-refractivity contribution in [1.82, 2.24) is 0 Å². The number of carbonyl (C=O) groups is 2. The van der Waals surface area contributed by atoms with Crippen molar-refractivity contribution in [2.45, 2.75) is 97.5 Å². The number of fused-ring (bicyclic) bond motifs is 5. The summed E-state index contributed by atoms with van der Waals surface area (Å²) in [6, 6.07) is 9.91. The zero-order valence-corrected chi connectivity index (χ0v) is 23.0. The van der Waals surface area contributed by atoms with Crippen LogP contribution in [-0.4, -0.2) is 23.1 Å². The Labute approximate surface area is 223 Å². The molecule has 0 saturated heterocycles. The SMILES string of the molecule is C[C@H](CCC(=O)O)[C@H]1CC[C@H]2[C@@H]3CC[C@@H]4C[C@H](OC(=O)/C=C/c5ccccc5)CC[C@]4(C)[C@H]3CC[C@]12C. The van der Waals surface area contributed by atoms with Crippen molar-refractivity contribution < 1.29 is 19.4 Å². The number of hydrogen-bond donors (Lipinski definition) is 1. The fourth-order valence-corrected chi connectivity index (χ4v) is 9.79. The summed E-state index contributed by atoms with van der Waals surface area (Å²) in [7, 11) is 0. The van der Waals surface area contributed by atoms with Gasteiger partial charge in [-0.15, -0.1) is 0 Å². The second-order valence-electron chi connectivity index (χ2n) is 13.4. The molecule has 4 aliphatic rings. The van der Waals surface area contributed by atoms with Gasteiger partial charge >= 0.3 is 11.9 Å². The summed E-state index contributed by atoms with van der Waals surface area (Å²) in [6.07, 6.45) is 15.6. The van der Waals surface area contributed by atoms with Crippen molar-refractivity contribution in [2.24, 2.45) is 46.3 Å². The highest BCUT2D eigenvalue weighted by molar-refractivity contribution is 5.87. The standard InChI is InChI=1S/C33H46O4/c1-22(9-15-30(34)35)27-13-14-28-26-12-11-24-21-25(37-31(36)16-10-23-7-5-4-6-8-23)17-19-32(24,2)29(26)18-20-33(27,28)3/h4-8,10,16,22,24-29H,9,11-15,17-21H2,1-3H3,(H,34,35)/b16-10+/t22-,24-,25-,26+,27-,28+,29+,32+,33-/m1/s1. The van der Waals surface area contributed by atoms with Crippen molar-refractivity contribution in [2.75, 3.05) is 0 Å². The highest BCUT2D eigenvalue weighted by atomic mass is 16.5. The molecule has 4 aliphatic carbocycles. The van der Waals surface area contributed by atoms with Gasteiger partial charge in [-0.05, 0) is 122 Å². The zero-order chi connectivity index (χ0) is 26.2. The Morgan fingerprint density at radius 3 is 2.49 bits per heavy atom. The summed E-state index contributed by atoms with van der Waals surface area (Å²) >= 11 is 0.